The van der Waals surface area contributed by atoms with Crippen LogP contribution >= 0.6 is 0 Å². The van der Waals surface area contributed by atoms with Gasteiger partial charge in [-0.25, -0.2) is 4.79 Å². The maximum Gasteiger partial charge on any atom is 0.335 e. The highest BCUT2D eigenvalue weighted by Gasteiger charge is 2.56. The first-order chi connectivity index (χ1) is 24.4. The zero-order valence-electron chi connectivity index (χ0n) is 30.3. The van der Waals surface area contributed by atoms with Crippen LogP contribution < -0.4 is 10.1 Å². The number of fused-ring (bicyclic) bond motifs is 13. The summed E-state index contributed by atoms with van der Waals surface area (Å²) < 4.78 is 34.7. The van der Waals surface area contributed by atoms with Crippen molar-refractivity contribution in [2.45, 2.75) is 84.5 Å². The van der Waals surface area contributed by atoms with E-state index in [-0.39, 0.29) is 33.7 Å². The molecule has 1 aromatic carbocycles. The number of methoxy groups -OCH3 is 1. The van der Waals surface area contributed by atoms with Crippen LogP contribution in [0.4, 0.5) is 0 Å². The van der Waals surface area contributed by atoms with Gasteiger partial charge < -0.3 is 44.0 Å². The molecule has 280 valence electrons. The number of esters is 2. The maximum atomic E-state index is 14.1. The van der Waals surface area contributed by atoms with Gasteiger partial charge in [-0.2, -0.15) is 0 Å². The molecule has 3 N–H and O–H groups in total. The van der Waals surface area contributed by atoms with Gasteiger partial charge in [-0.05, 0) is 25.1 Å². The number of rotatable bonds is 2. The second kappa shape index (κ2) is 14.8. The molecule has 52 heavy (non-hydrogen) atoms. The van der Waals surface area contributed by atoms with E-state index >= 15 is 0 Å². The number of aliphatic hydroxyl groups excluding tert-OH is 2. The lowest BCUT2D eigenvalue weighted by atomic mass is 9.78. The Labute approximate surface area is 301 Å². The number of nitrogens with one attached hydrogen (secondary N) is 1. The Morgan fingerprint density at radius 3 is 2.33 bits per heavy atom. The molecule has 1 amide bonds. The fraction of sp³-hybridized carbons (Fsp3) is 0.500. The van der Waals surface area contributed by atoms with E-state index in [1.807, 2.05) is 0 Å². The van der Waals surface area contributed by atoms with Gasteiger partial charge >= 0.3 is 17.7 Å². The average Bonchev–Trinajstić information content (AvgIpc) is 3.60. The van der Waals surface area contributed by atoms with Gasteiger partial charge in [0, 0.05) is 61.8 Å². The molecule has 4 aliphatic heterocycles. The smallest absolute Gasteiger partial charge is 0.335 e. The number of amides is 1. The molecule has 1 fully saturated rings. The van der Waals surface area contributed by atoms with Crippen molar-refractivity contribution in [1.29, 1.82) is 0 Å². The summed E-state index contributed by atoms with van der Waals surface area (Å²) in [5, 5.41) is 25.2. The Balaban J connectivity index is 1.60. The molecule has 1 aromatic rings. The number of ketones is 2. The first-order valence-electron chi connectivity index (χ1n) is 17.1. The summed E-state index contributed by atoms with van der Waals surface area (Å²) in [6.45, 7) is 10.6. The highest BCUT2D eigenvalue weighted by Crippen LogP contribution is 2.49. The van der Waals surface area contributed by atoms with Crippen molar-refractivity contribution < 1.29 is 62.6 Å². The SMILES string of the molecule is CO[C@H]1/C=C/O[C@@]2(C)Oc3ccc4c(c3C2=O)[C@@]2(C=C(NC(=O)/C(C)=C\C=C\[C@H](C)[C@H](O)[C@@H](C)[C@@H](O)[C@@H](C)[C@H](OC(C)=O)[C@@H]1C)C4=O)OCC(=O)O2. The number of allylic oxidation sites excluding steroid dienone is 3. The third-order valence-corrected chi connectivity index (χ3v) is 10.2. The van der Waals surface area contributed by atoms with Crippen molar-refractivity contribution in [3.05, 3.63) is 76.7 Å². The highest BCUT2D eigenvalue weighted by atomic mass is 16.8. The molecule has 5 bridgehead atoms. The quantitative estimate of drug-likeness (QED) is 0.377. The molecule has 10 atom stereocenters. The fourth-order valence-corrected chi connectivity index (χ4v) is 7.09. The molecule has 6 rings (SSSR count). The van der Waals surface area contributed by atoms with Crippen LogP contribution in [0.1, 0.15) is 74.7 Å². The van der Waals surface area contributed by atoms with Gasteiger partial charge in [0.15, 0.2) is 0 Å². The Kier molecular flexibility index (Phi) is 11.0. The average molecular weight is 724 g/mol. The lowest BCUT2D eigenvalue weighted by Crippen LogP contribution is -2.46. The van der Waals surface area contributed by atoms with Gasteiger partial charge in [-0.15, -0.1) is 0 Å². The van der Waals surface area contributed by atoms with Gasteiger partial charge in [-0.3, -0.25) is 19.2 Å². The van der Waals surface area contributed by atoms with Crippen molar-refractivity contribution in [2.24, 2.45) is 23.7 Å². The van der Waals surface area contributed by atoms with E-state index in [9.17, 15) is 34.2 Å². The minimum absolute atomic E-state index is 0.0373. The first-order valence-corrected chi connectivity index (χ1v) is 17.1. The molecule has 1 aliphatic carbocycles. The highest BCUT2D eigenvalue weighted by molar-refractivity contribution is 6.17. The number of hydrogen-bond acceptors (Lipinski definition) is 13. The number of ether oxygens (including phenoxy) is 6. The Hall–Kier alpha value is -4.63. The Morgan fingerprint density at radius 1 is 0.981 bits per heavy atom. The lowest BCUT2D eigenvalue weighted by molar-refractivity contribution is -0.161. The van der Waals surface area contributed by atoms with Crippen molar-refractivity contribution in [2.75, 3.05) is 13.7 Å². The number of hydrogen-bond donors (Lipinski definition) is 3. The summed E-state index contributed by atoms with van der Waals surface area (Å²) in [4.78, 5) is 65.9. The summed E-state index contributed by atoms with van der Waals surface area (Å²) in [5.74, 6) is -9.72. The summed E-state index contributed by atoms with van der Waals surface area (Å²) in [6, 6.07) is 2.79. The summed E-state index contributed by atoms with van der Waals surface area (Å²) >= 11 is 0. The third-order valence-electron chi connectivity index (χ3n) is 10.2. The van der Waals surface area contributed by atoms with Gasteiger partial charge in [0.1, 0.15) is 18.5 Å². The van der Waals surface area contributed by atoms with E-state index in [1.165, 1.54) is 58.4 Å². The topological polar surface area (TPSA) is 193 Å². The lowest BCUT2D eigenvalue weighted by Gasteiger charge is -2.38. The van der Waals surface area contributed by atoms with Gasteiger partial charge in [-0.1, -0.05) is 45.9 Å². The van der Waals surface area contributed by atoms with Gasteiger partial charge in [0.2, 0.25) is 5.78 Å². The minimum atomic E-state index is -2.04. The molecule has 0 aromatic heterocycles. The standard InChI is InChI=1S/C38H45NO13/c1-18-10-9-11-19(2)36(46)39-25-16-38(49-17-28(41)52-38)30-24(33(25)44)12-13-27-29(30)35(45)37(7,51-27)48-15-14-26(47-8)20(3)34(50-23(6)40)22(5)32(43)21(4)31(18)42/h9-16,18,20-22,26,31-32,34,42-43H,17H2,1-8H3,(H,39,46)/b10-9+,15-14+,19-11-/t18-,20+,21+,22+,26-,31-,32+,34+,37-,38-/m0/s1. The summed E-state index contributed by atoms with van der Waals surface area (Å²) in [6.07, 6.45) is 4.81. The number of carbonyl (C=O) groups is 5. The van der Waals surface area contributed by atoms with Crippen LogP contribution in [-0.2, 0) is 43.9 Å². The zero-order chi connectivity index (χ0) is 38.3. The zero-order valence-corrected chi connectivity index (χ0v) is 30.3. The van der Waals surface area contributed by atoms with E-state index in [0.717, 1.165) is 6.08 Å². The normalized spacial score (nSPS) is 37.6. The van der Waals surface area contributed by atoms with E-state index in [4.69, 9.17) is 28.4 Å². The van der Waals surface area contributed by atoms with Crippen LogP contribution in [0.2, 0.25) is 0 Å². The second-order valence-electron chi connectivity index (χ2n) is 13.9. The van der Waals surface area contributed by atoms with Crippen molar-refractivity contribution in [1.82, 2.24) is 5.32 Å². The molecule has 0 radical (unpaired) electrons. The van der Waals surface area contributed by atoms with Crippen LogP contribution in [0.15, 0.2) is 60.0 Å². The van der Waals surface area contributed by atoms with Crippen LogP contribution in [0, 0.1) is 23.7 Å². The number of carbonyl (C=O) groups excluding carboxylic acids is 5. The Bertz CT molecular complexity index is 1780. The van der Waals surface area contributed by atoms with Crippen LogP contribution in [0.25, 0.3) is 0 Å². The Morgan fingerprint density at radius 2 is 1.69 bits per heavy atom. The number of benzene rings is 1. The van der Waals surface area contributed by atoms with Gasteiger partial charge in [0.05, 0.1) is 41.4 Å². The van der Waals surface area contributed by atoms with E-state index in [1.54, 1.807) is 39.8 Å². The molecule has 5 aliphatic rings. The second-order valence-corrected chi connectivity index (χ2v) is 13.9. The molecule has 4 heterocycles. The van der Waals surface area contributed by atoms with E-state index < -0.39 is 95.7 Å². The predicted octanol–water partition coefficient (Wildman–Crippen LogP) is 3.16. The molecule has 1 spiro atoms. The van der Waals surface area contributed by atoms with Crippen molar-refractivity contribution in [3.63, 3.8) is 0 Å². The summed E-state index contributed by atoms with van der Waals surface area (Å²) in [7, 11) is 1.44. The molecule has 14 heteroatoms. The number of Topliss-reactive ketones (excluding diaryl/α,β-unsaturated/α-hetero) is 2. The number of aliphatic hydroxyl groups is 2. The molecule has 0 unspecified atom stereocenters. The fourth-order valence-electron chi connectivity index (χ4n) is 7.09. The van der Waals surface area contributed by atoms with Crippen LogP contribution in [0.5, 0.6) is 5.75 Å². The van der Waals surface area contributed by atoms with Crippen molar-refractivity contribution in [3.8, 4) is 5.75 Å². The minimum Gasteiger partial charge on any atom is -0.462 e. The summed E-state index contributed by atoms with van der Waals surface area (Å²) in [5.41, 5.74) is -0.271. The molecule has 0 saturated carbocycles. The predicted molar refractivity (Wildman–Crippen MR) is 182 cm³/mol. The largest absolute Gasteiger partial charge is 0.462 e. The van der Waals surface area contributed by atoms with Crippen LogP contribution in [-0.4, -0.2) is 83.5 Å². The molecular weight excluding hydrogens is 678 g/mol. The van der Waals surface area contributed by atoms with Gasteiger partial charge in [0.25, 0.3) is 17.5 Å². The van der Waals surface area contributed by atoms with E-state index in [2.05, 4.69) is 5.32 Å². The maximum absolute atomic E-state index is 14.1. The van der Waals surface area contributed by atoms with Crippen molar-refractivity contribution >= 4 is 29.4 Å². The van der Waals surface area contributed by atoms with E-state index in [0.29, 0.717) is 0 Å². The molecule has 14 nitrogen and oxygen atoms in total. The molecular formula is C38H45NO13. The third kappa shape index (κ3) is 7.07. The first kappa shape index (κ1) is 38.6. The monoisotopic (exact) mass is 723 g/mol. The van der Waals surface area contributed by atoms with Crippen LogP contribution in [0.3, 0.4) is 0 Å². The molecule has 1 saturated heterocycles.